The van der Waals surface area contributed by atoms with E-state index in [1.165, 1.54) is 64.2 Å². The van der Waals surface area contributed by atoms with Gasteiger partial charge in [-0.15, -0.1) is 0 Å². The number of rotatable bonds is 3. The van der Waals surface area contributed by atoms with Crippen molar-refractivity contribution >= 4 is 0 Å². The maximum absolute atomic E-state index is 2.51. The minimum absolute atomic E-state index is 0.797. The van der Waals surface area contributed by atoms with Crippen LogP contribution in [0.5, 0.6) is 0 Å². The van der Waals surface area contributed by atoms with Crippen LogP contribution in [0.15, 0.2) is 46.6 Å². The van der Waals surface area contributed by atoms with Crippen LogP contribution < -0.4 is 0 Å². The molecule has 4 aliphatic rings. The third-order valence-electron chi connectivity index (χ3n) is 5.92. The Kier molecular flexibility index (Phi) is 3.42. The lowest BCUT2D eigenvalue weighted by Gasteiger charge is -2.27. The summed E-state index contributed by atoms with van der Waals surface area (Å²) in [6.07, 6.45) is 23.6. The van der Waals surface area contributed by atoms with Gasteiger partial charge in [-0.1, -0.05) is 35.5 Å². The van der Waals surface area contributed by atoms with E-state index in [4.69, 9.17) is 0 Å². The van der Waals surface area contributed by atoms with Gasteiger partial charge in [-0.2, -0.15) is 0 Å². The van der Waals surface area contributed by atoms with E-state index in [0.29, 0.717) is 0 Å². The molecule has 0 bridgehead atoms. The smallest absolute Gasteiger partial charge is 0.00140 e. The average Bonchev–Trinajstić information content (AvgIpc) is 3.12. The van der Waals surface area contributed by atoms with Crippen LogP contribution in [0.4, 0.5) is 0 Å². The maximum Gasteiger partial charge on any atom is -0.00140 e. The summed E-state index contributed by atoms with van der Waals surface area (Å²) in [5.74, 6) is 1.70. The molecule has 0 saturated carbocycles. The molecule has 4 rings (SSSR count). The largest absolute Gasteiger partial charge is 0.0802 e. The van der Waals surface area contributed by atoms with E-state index < -0.39 is 0 Å². The van der Waals surface area contributed by atoms with Gasteiger partial charge in [-0.3, -0.25) is 0 Å². The molecule has 0 aromatic rings. The van der Waals surface area contributed by atoms with Gasteiger partial charge in [0.15, 0.2) is 0 Å². The van der Waals surface area contributed by atoms with Gasteiger partial charge in [-0.25, -0.2) is 0 Å². The van der Waals surface area contributed by atoms with E-state index in [1.54, 1.807) is 16.7 Å². The molecule has 1 unspecified atom stereocenters. The predicted octanol–water partition coefficient (Wildman–Crippen LogP) is 5.88. The van der Waals surface area contributed by atoms with Crippen molar-refractivity contribution in [2.75, 3.05) is 0 Å². The van der Waals surface area contributed by atoms with Crippen molar-refractivity contribution in [3.05, 3.63) is 46.6 Å². The normalized spacial score (nSPS) is 32.0. The molecule has 0 fully saturated rings. The molecule has 4 aliphatic carbocycles. The zero-order valence-corrected chi connectivity index (χ0v) is 12.5. The lowest BCUT2D eigenvalue weighted by molar-refractivity contribution is 0.431. The van der Waals surface area contributed by atoms with Gasteiger partial charge >= 0.3 is 0 Å². The molecule has 0 nitrogen and oxygen atoms in total. The quantitative estimate of drug-likeness (QED) is 0.598. The molecule has 0 spiro atoms. The lowest BCUT2D eigenvalue weighted by atomic mass is 9.78. The van der Waals surface area contributed by atoms with Crippen LogP contribution in [0, 0.1) is 11.8 Å². The first-order chi connectivity index (χ1) is 9.92. The van der Waals surface area contributed by atoms with Gasteiger partial charge in [0.1, 0.15) is 0 Å². The minimum Gasteiger partial charge on any atom is -0.0802 e. The summed E-state index contributed by atoms with van der Waals surface area (Å²) in [4.78, 5) is 0. The van der Waals surface area contributed by atoms with E-state index in [1.807, 2.05) is 5.57 Å². The van der Waals surface area contributed by atoms with Crippen LogP contribution >= 0.6 is 0 Å². The Morgan fingerprint density at radius 1 is 0.850 bits per heavy atom. The topological polar surface area (TPSA) is 0 Å². The van der Waals surface area contributed by atoms with Crippen LogP contribution in [0.1, 0.15) is 64.2 Å². The number of allylic oxidation sites excluding steroid dienone is 8. The second-order valence-electron chi connectivity index (χ2n) is 7.05. The fourth-order valence-corrected chi connectivity index (χ4v) is 4.84. The van der Waals surface area contributed by atoms with Gasteiger partial charge in [0.05, 0.1) is 0 Å². The second kappa shape index (κ2) is 5.39. The van der Waals surface area contributed by atoms with Gasteiger partial charge in [-0.05, 0) is 87.2 Å². The third-order valence-corrected chi connectivity index (χ3v) is 5.92. The number of hydrogen-bond donors (Lipinski definition) is 0. The van der Waals surface area contributed by atoms with Crippen LogP contribution in [0.25, 0.3) is 0 Å². The molecule has 0 aromatic heterocycles. The van der Waals surface area contributed by atoms with Gasteiger partial charge in [0, 0.05) is 0 Å². The van der Waals surface area contributed by atoms with Gasteiger partial charge in [0.25, 0.3) is 0 Å². The Balaban J connectivity index is 1.40. The molecule has 0 heteroatoms. The van der Waals surface area contributed by atoms with Crippen LogP contribution in [-0.4, -0.2) is 0 Å². The molecular weight excluding hydrogens is 240 g/mol. The van der Waals surface area contributed by atoms with Crippen molar-refractivity contribution in [1.29, 1.82) is 0 Å². The fraction of sp³-hybridized carbons (Fsp3) is 0.600. The SMILES string of the molecule is C1=CC2=C(C1)[C@H](CCC1C=CC3=C1CCCC3)CCC2. The molecule has 20 heavy (non-hydrogen) atoms. The van der Waals surface area contributed by atoms with Crippen molar-refractivity contribution in [1.82, 2.24) is 0 Å². The molecule has 0 radical (unpaired) electrons. The van der Waals surface area contributed by atoms with E-state index in [9.17, 15) is 0 Å². The molecule has 0 saturated heterocycles. The summed E-state index contributed by atoms with van der Waals surface area (Å²) in [5, 5.41) is 0. The fourth-order valence-electron chi connectivity index (χ4n) is 4.84. The van der Waals surface area contributed by atoms with E-state index in [0.717, 1.165) is 11.8 Å². The molecular formula is C20H26. The Morgan fingerprint density at radius 3 is 2.70 bits per heavy atom. The monoisotopic (exact) mass is 266 g/mol. The average molecular weight is 266 g/mol. The Hall–Kier alpha value is -1.04. The highest BCUT2D eigenvalue weighted by molar-refractivity contribution is 5.39. The summed E-state index contributed by atoms with van der Waals surface area (Å²) in [6.45, 7) is 0. The van der Waals surface area contributed by atoms with Gasteiger partial charge < -0.3 is 0 Å². The molecule has 0 aromatic carbocycles. The summed E-state index contributed by atoms with van der Waals surface area (Å²) in [7, 11) is 0. The predicted molar refractivity (Wildman–Crippen MR) is 85.5 cm³/mol. The number of hydrogen-bond acceptors (Lipinski definition) is 0. The highest BCUT2D eigenvalue weighted by atomic mass is 14.3. The Morgan fingerprint density at radius 2 is 1.70 bits per heavy atom. The van der Waals surface area contributed by atoms with E-state index in [-0.39, 0.29) is 0 Å². The van der Waals surface area contributed by atoms with Crippen molar-refractivity contribution in [3.63, 3.8) is 0 Å². The van der Waals surface area contributed by atoms with Crippen molar-refractivity contribution < 1.29 is 0 Å². The molecule has 0 amide bonds. The summed E-state index contributed by atoms with van der Waals surface area (Å²) < 4.78 is 0. The molecule has 0 aliphatic heterocycles. The maximum atomic E-state index is 2.51. The van der Waals surface area contributed by atoms with Crippen molar-refractivity contribution in [3.8, 4) is 0 Å². The third kappa shape index (κ3) is 2.24. The van der Waals surface area contributed by atoms with E-state index >= 15 is 0 Å². The molecule has 106 valence electrons. The standard InChI is InChI=1S/C20H26/c1-2-9-19-16(5-1)11-13-18(19)14-12-17-7-3-6-15-8-4-10-20(15)17/h4,8,11,13,17-18H,1-3,5-7,9-10,12,14H2/t17-,18?/m0/s1. The van der Waals surface area contributed by atoms with Crippen molar-refractivity contribution in [2.24, 2.45) is 11.8 Å². The second-order valence-corrected chi connectivity index (χ2v) is 7.05. The first kappa shape index (κ1) is 12.7. The first-order valence-corrected chi connectivity index (χ1v) is 8.70. The van der Waals surface area contributed by atoms with Crippen molar-refractivity contribution in [2.45, 2.75) is 64.2 Å². The molecule has 2 atom stereocenters. The zero-order chi connectivity index (χ0) is 13.4. The lowest BCUT2D eigenvalue weighted by Crippen LogP contribution is -2.12. The summed E-state index contributed by atoms with van der Waals surface area (Å²) >= 11 is 0. The molecule has 0 N–H and O–H groups in total. The Labute approximate surface area is 123 Å². The minimum atomic E-state index is 0.797. The van der Waals surface area contributed by atoms with E-state index in [2.05, 4.69) is 24.3 Å². The molecule has 0 heterocycles. The highest BCUT2D eigenvalue weighted by Crippen LogP contribution is 2.43. The van der Waals surface area contributed by atoms with Crippen LogP contribution in [0.3, 0.4) is 0 Å². The first-order valence-electron chi connectivity index (χ1n) is 8.70. The van der Waals surface area contributed by atoms with Crippen LogP contribution in [-0.2, 0) is 0 Å². The summed E-state index contributed by atoms with van der Waals surface area (Å²) in [5.41, 5.74) is 7.01. The zero-order valence-electron chi connectivity index (χ0n) is 12.5. The van der Waals surface area contributed by atoms with Gasteiger partial charge in [0.2, 0.25) is 0 Å². The Bertz CT molecular complexity index is 512. The highest BCUT2D eigenvalue weighted by Gasteiger charge is 2.27. The summed E-state index contributed by atoms with van der Waals surface area (Å²) in [6, 6.07) is 0. The van der Waals surface area contributed by atoms with Crippen LogP contribution in [0.2, 0.25) is 0 Å².